The van der Waals surface area contributed by atoms with E-state index >= 15 is 0 Å². The SMILES string of the molecule is CC(C)(C)OC(=O)CCOCCc1ccccc1Br. The largest absolute Gasteiger partial charge is 0.460 e. The van der Waals surface area contributed by atoms with E-state index in [-0.39, 0.29) is 5.97 Å². The van der Waals surface area contributed by atoms with Gasteiger partial charge in [0.1, 0.15) is 5.60 Å². The second-order valence-corrected chi connectivity index (χ2v) is 6.14. The minimum atomic E-state index is -0.425. The molecular formula is C15H21BrO3. The lowest BCUT2D eigenvalue weighted by molar-refractivity contribution is -0.156. The first-order valence-electron chi connectivity index (χ1n) is 6.41. The molecule has 19 heavy (non-hydrogen) atoms. The van der Waals surface area contributed by atoms with Gasteiger partial charge in [0.25, 0.3) is 0 Å². The number of hydrogen-bond donors (Lipinski definition) is 0. The monoisotopic (exact) mass is 328 g/mol. The Morgan fingerprint density at radius 2 is 1.89 bits per heavy atom. The van der Waals surface area contributed by atoms with Gasteiger partial charge >= 0.3 is 5.97 Å². The molecule has 1 aromatic carbocycles. The summed E-state index contributed by atoms with van der Waals surface area (Å²) in [5.74, 6) is -0.214. The van der Waals surface area contributed by atoms with Crippen LogP contribution in [0.15, 0.2) is 28.7 Å². The molecule has 0 atom stereocenters. The van der Waals surface area contributed by atoms with Crippen LogP contribution in [0, 0.1) is 0 Å². The minimum Gasteiger partial charge on any atom is -0.460 e. The third-order valence-electron chi connectivity index (χ3n) is 2.34. The zero-order valence-electron chi connectivity index (χ0n) is 11.7. The van der Waals surface area contributed by atoms with Gasteiger partial charge in [-0.2, -0.15) is 0 Å². The molecule has 0 amide bonds. The molecule has 0 radical (unpaired) electrons. The maximum Gasteiger partial charge on any atom is 0.308 e. The summed E-state index contributed by atoms with van der Waals surface area (Å²) in [5.41, 5.74) is 0.784. The third kappa shape index (κ3) is 7.33. The van der Waals surface area contributed by atoms with E-state index < -0.39 is 5.60 Å². The lowest BCUT2D eigenvalue weighted by atomic mass is 10.2. The van der Waals surface area contributed by atoms with Crippen LogP contribution in [0.4, 0.5) is 0 Å². The first-order valence-corrected chi connectivity index (χ1v) is 7.21. The number of carbonyl (C=O) groups excluding carboxylic acids is 1. The van der Waals surface area contributed by atoms with Gasteiger partial charge in [-0.1, -0.05) is 34.1 Å². The molecule has 0 aromatic heterocycles. The van der Waals surface area contributed by atoms with Crippen LogP contribution in [-0.2, 0) is 20.7 Å². The van der Waals surface area contributed by atoms with E-state index in [1.807, 2.05) is 39.0 Å². The molecule has 0 heterocycles. The molecule has 4 heteroatoms. The molecule has 3 nitrogen and oxygen atoms in total. The molecule has 0 aliphatic carbocycles. The molecule has 0 N–H and O–H groups in total. The molecule has 0 aliphatic rings. The van der Waals surface area contributed by atoms with Crippen molar-refractivity contribution >= 4 is 21.9 Å². The summed E-state index contributed by atoms with van der Waals surface area (Å²) in [7, 11) is 0. The summed E-state index contributed by atoms with van der Waals surface area (Å²) >= 11 is 3.49. The Balaban J connectivity index is 2.15. The van der Waals surface area contributed by atoms with Crippen LogP contribution in [0.25, 0.3) is 0 Å². The van der Waals surface area contributed by atoms with Gasteiger partial charge in [-0.3, -0.25) is 4.79 Å². The number of hydrogen-bond acceptors (Lipinski definition) is 3. The summed E-state index contributed by atoms with van der Waals surface area (Å²) in [5, 5.41) is 0. The van der Waals surface area contributed by atoms with Crippen LogP contribution in [0.1, 0.15) is 32.8 Å². The Bertz CT molecular complexity index is 410. The summed E-state index contributed by atoms with van der Waals surface area (Å²) < 4.78 is 11.7. The van der Waals surface area contributed by atoms with Crippen molar-refractivity contribution in [2.75, 3.05) is 13.2 Å². The van der Waals surface area contributed by atoms with Gasteiger partial charge in [0.15, 0.2) is 0 Å². The van der Waals surface area contributed by atoms with Crippen molar-refractivity contribution in [3.8, 4) is 0 Å². The van der Waals surface area contributed by atoms with Crippen molar-refractivity contribution in [2.24, 2.45) is 0 Å². The number of halogens is 1. The van der Waals surface area contributed by atoms with E-state index in [0.29, 0.717) is 19.6 Å². The highest BCUT2D eigenvalue weighted by atomic mass is 79.9. The van der Waals surface area contributed by atoms with Crippen LogP contribution in [0.3, 0.4) is 0 Å². The van der Waals surface area contributed by atoms with Crippen molar-refractivity contribution in [3.05, 3.63) is 34.3 Å². The molecule has 0 saturated heterocycles. The molecule has 0 spiro atoms. The number of rotatable bonds is 6. The van der Waals surface area contributed by atoms with E-state index in [1.165, 1.54) is 5.56 Å². The lowest BCUT2D eigenvalue weighted by Gasteiger charge is -2.19. The van der Waals surface area contributed by atoms with Crippen molar-refractivity contribution < 1.29 is 14.3 Å². The number of ether oxygens (including phenoxy) is 2. The quantitative estimate of drug-likeness (QED) is 0.589. The van der Waals surface area contributed by atoms with Gasteiger partial charge in [0.05, 0.1) is 19.6 Å². The van der Waals surface area contributed by atoms with E-state index in [4.69, 9.17) is 9.47 Å². The fourth-order valence-corrected chi connectivity index (χ4v) is 2.02. The first kappa shape index (κ1) is 16.2. The second-order valence-electron chi connectivity index (χ2n) is 5.29. The molecular weight excluding hydrogens is 308 g/mol. The first-order chi connectivity index (χ1) is 8.88. The van der Waals surface area contributed by atoms with Crippen LogP contribution in [0.5, 0.6) is 0 Å². The van der Waals surface area contributed by atoms with Crippen LogP contribution in [0.2, 0.25) is 0 Å². The zero-order chi connectivity index (χ0) is 14.3. The highest BCUT2D eigenvalue weighted by molar-refractivity contribution is 9.10. The predicted molar refractivity (Wildman–Crippen MR) is 79.1 cm³/mol. The average Bonchev–Trinajstić information content (AvgIpc) is 2.28. The van der Waals surface area contributed by atoms with Gasteiger partial charge < -0.3 is 9.47 Å². The molecule has 0 bridgehead atoms. The molecule has 106 valence electrons. The summed E-state index contributed by atoms with van der Waals surface area (Å²) in [6.07, 6.45) is 1.13. The van der Waals surface area contributed by atoms with E-state index in [2.05, 4.69) is 22.0 Å². The Kier molecular flexibility index (Phi) is 6.52. The van der Waals surface area contributed by atoms with Crippen molar-refractivity contribution in [1.29, 1.82) is 0 Å². The highest BCUT2D eigenvalue weighted by Crippen LogP contribution is 2.16. The van der Waals surface area contributed by atoms with E-state index in [9.17, 15) is 4.79 Å². The fourth-order valence-electron chi connectivity index (χ4n) is 1.53. The van der Waals surface area contributed by atoms with Crippen molar-refractivity contribution in [2.45, 2.75) is 39.2 Å². The van der Waals surface area contributed by atoms with E-state index in [0.717, 1.165) is 10.9 Å². The Morgan fingerprint density at radius 3 is 2.53 bits per heavy atom. The van der Waals surface area contributed by atoms with Gasteiger partial charge in [-0.05, 0) is 38.8 Å². The Hall–Kier alpha value is -0.870. The van der Waals surface area contributed by atoms with Crippen LogP contribution >= 0.6 is 15.9 Å². The number of benzene rings is 1. The number of carbonyl (C=O) groups is 1. The summed E-state index contributed by atoms with van der Waals surface area (Å²) in [4.78, 5) is 11.4. The van der Waals surface area contributed by atoms with Gasteiger partial charge in [-0.15, -0.1) is 0 Å². The molecule has 1 rings (SSSR count). The predicted octanol–water partition coefficient (Wildman–Crippen LogP) is 3.74. The Labute approximate surface area is 123 Å². The fraction of sp³-hybridized carbons (Fsp3) is 0.533. The third-order valence-corrected chi connectivity index (χ3v) is 3.12. The minimum absolute atomic E-state index is 0.214. The van der Waals surface area contributed by atoms with E-state index in [1.54, 1.807) is 0 Å². The van der Waals surface area contributed by atoms with Crippen LogP contribution in [-0.4, -0.2) is 24.8 Å². The normalized spacial score (nSPS) is 11.4. The topological polar surface area (TPSA) is 35.5 Å². The van der Waals surface area contributed by atoms with Gasteiger partial charge in [0, 0.05) is 4.47 Å². The molecule has 0 fully saturated rings. The van der Waals surface area contributed by atoms with Gasteiger partial charge in [-0.25, -0.2) is 0 Å². The molecule has 0 saturated carbocycles. The van der Waals surface area contributed by atoms with Crippen LogP contribution < -0.4 is 0 Å². The standard InChI is InChI=1S/C15H21BrO3/c1-15(2,3)19-14(17)9-11-18-10-8-12-6-4-5-7-13(12)16/h4-7H,8-11H2,1-3H3. The number of esters is 1. The molecule has 0 aliphatic heterocycles. The Morgan fingerprint density at radius 1 is 1.21 bits per heavy atom. The summed E-state index contributed by atoms with van der Waals surface area (Å²) in [6, 6.07) is 8.05. The maximum absolute atomic E-state index is 11.4. The molecule has 1 aromatic rings. The lowest BCUT2D eigenvalue weighted by Crippen LogP contribution is -2.24. The zero-order valence-corrected chi connectivity index (χ0v) is 13.3. The maximum atomic E-state index is 11.4. The van der Waals surface area contributed by atoms with Crippen molar-refractivity contribution in [3.63, 3.8) is 0 Å². The average molecular weight is 329 g/mol. The highest BCUT2D eigenvalue weighted by Gasteiger charge is 2.15. The smallest absolute Gasteiger partial charge is 0.308 e. The van der Waals surface area contributed by atoms with Gasteiger partial charge in [0.2, 0.25) is 0 Å². The summed E-state index contributed by atoms with van der Waals surface area (Å²) in [6.45, 7) is 6.58. The molecule has 0 unspecified atom stereocenters. The van der Waals surface area contributed by atoms with Crippen molar-refractivity contribution in [1.82, 2.24) is 0 Å². The second kappa shape index (κ2) is 7.65.